The Morgan fingerprint density at radius 3 is 2.73 bits per heavy atom. The van der Waals surface area contributed by atoms with Gasteiger partial charge in [0.05, 0.1) is 17.5 Å². The second kappa shape index (κ2) is 9.66. The maximum absolute atomic E-state index is 13.7. The predicted molar refractivity (Wildman–Crippen MR) is 133 cm³/mol. The number of carbonyl (C=O) groups is 2. The molecule has 180 valence electrons. The Morgan fingerprint density at radius 1 is 1.21 bits per heavy atom. The summed E-state index contributed by atoms with van der Waals surface area (Å²) in [7, 11) is 1.80. The number of hydrogen-bond donors (Lipinski definition) is 4. The first-order valence-corrected chi connectivity index (χ1v) is 13.1. The van der Waals surface area contributed by atoms with E-state index in [1.54, 1.807) is 18.8 Å². The van der Waals surface area contributed by atoms with Crippen LogP contribution in [-0.4, -0.2) is 58.8 Å². The van der Waals surface area contributed by atoms with Crippen LogP contribution in [0.1, 0.15) is 63.6 Å². The number of thioether (sulfide) groups is 1. The standard InChI is InChI=1S/C25H37N5O2S/c1-15(27-4)22(26)28-19-12-13-33-20-14-25(2,3)21(30(20)24(19)32)23(31)29-18-11-7-9-16-8-5-6-10-17(16)18/h5-6,8,10,15,18-21,27H,7,9,11-14H2,1-4H3,(H2,26,28)(H,29,31)/t15-,18+,19-,20-,21+/m0/s1. The normalized spacial score (nSPS) is 29.5. The summed E-state index contributed by atoms with van der Waals surface area (Å²) in [5, 5.41) is 17.8. The number of amidine groups is 1. The second-order valence-electron chi connectivity index (χ2n) is 10.2. The monoisotopic (exact) mass is 471 g/mol. The molecular weight excluding hydrogens is 434 g/mol. The number of carbonyl (C=O) groups excluding carboxylic acids is 2. The molecule has 7 nitrogen and oxygen atoms in total. The minimum Gasteiger partial charge on any atom is -0.361 e. The molecule has 1 aliphatic carbocycles. The van der Waals surface area contributed by atoms with Crippen molar-refractivity contribution in [2.45, 2.75) is 82.4 Å². The number of rotatable bonds is 5. The van der Waals surface area contributed by atoms with Gasteiger partial charge in [-0.15, -0.1) is 11.8 Å². The van der Waals surface area contributed by atoms with Gasteiger partial charge in [-0.2, -0.15) is 0 Å². The molecule has 0 saturated carbocycles. The van der Waals surface area contributed by atoms with Gasteiger partial charge in [-0.3, -0.25) is 15.0 Å². The van der Waals surface area contributed by atoms with Gasteiger partial charge < -0.3 is 20.9 Å². The summed E-state index contributed by atoms with van der Waals surface area (Å²) in [5.74, 6) is 1.01. The molecule has 0 radical (unpaired) electrons. The van der Waals surface area contributed by atoms with Gasteiger partial charge in [0.15, 0.2) is 0 Å². The Bertz CT molecular complexity index is 920. The van der Waals surface area contributed by atoms with Crippen LogP contribution in [-0.2, 0) is 16.0 Å². The molecule has 4 rings (SSSR count). The van der Waals surface area contributed by atoms with Crippen molar-refractivity contribution >= 4 is 29.4 Å². The maximum Gasteiger partial charge on any atom is 0.246 e. The zero-order valence-electron chi connectivity index (χ0n) is 20.1. The Kier molecular flexibility index (Phi) is 7.05. The van der Waals surface area contributed by atoms with Crippen LogP contribution in [0.25, 0.3) is 0 Å². The van der Waals surface area contributed by atoms with Crippen molar-refractivity contribution in [3.8, 4) is 0 Å². The smallest absolute Gasteiger partial charge is 0.246 e. The van der Waals surface area contributed by atoms with Crippen molar-refractivity contribution < 1.29 is 9.59 Å². The lowest BCUT2D eigenvalue weighted by molar-refractivity contribution is -0.142. The van der Waals surface area contributed by atoms with Crippen LogP contribution in [0.3, 0.4) is 0 Å². The lowest BCUT2D eigenvalue weighted by atomic mass is 9.83. The molecule has 2 amide bonds. The van der Waals surface area contributed by atoms with Crippen LogP contribution >= 0.6 is 11.8 Å². The van der Waals surface area contributed by atoms with E-state index in [1.807, 2.05) is 17.9 Å². The predicted octanol–water partition coefficient (Wildman–Crippen LogP) is 2.81. The van der Waals surface area contributed by atoms with Crippen LogP contribution in [0.5, 0.6) is 0 Å². The van der Waals surface area contributed by atoms with Crippen molar-refractivity contribution in [2.75, 3.05) is 12.8 Å². The third-order valence-corrected chi connectivity index (χ3v) is 8.68. The molecule has 0 aromatic heterocycles. The van der Waals surface area contributed by atoms with Crippen LogP contribution in [0.2, 0.25) is 0 Å². The molecule has 3 aliphatic rings. The van der Waals surface area contributed by atoms with Crippen molar-refractivity contribution in [1.82, 2.24) is 20.9 Å². The van der Waals surface area contributed by atoms with Gasteiger partial charge in [0, 0.05) is 0 Å². The van der Waals surface area contributed by atoms with E-state index in [1.165, 1.54) is 11.1 Å². The van der Waals surface area contributed by atoms with Crippen molar-refractivity contribution in [3.05, 3.63) is 35.4 Å². The van der Waals surface area contributed by atoms with E-state index in [0.29, 0.717) is 12.3 Å². The highest BCUT2D eigenvalue weighted by atomic mass is 32.2. The molecule has 1 aromatic carbocycles. The number of nitrogens with zero attached hydrogens (tertiary/aromatic N) is 1. The molecule has 2 fully saturated rings. The Hall–Kier alpha value is -2.06. The van der Waals surface area contributed by atoms with E-state index in [4.69, 9.17) is 5.41 Å². The number of amides is 2. The zero-order chi connectivity index (χ0) is 23.8. The Morgan fingerprint density at radius 2 is 1.97 bits per heavy atom. The highest BCUT2D eigenvalue weighted by Gasteiger charge is 2.54. The molecule has 0 bridgehead atoms. The van der Waals surface area contributed by atoms with E-state index in [-0.39, 0.29) is 34.7 Å². The van der Waals surface area contributed by atoms with Crippen LogP contribution in [0.15, 0.2) is 24.3 Å². The quantitative estimate of drug-likeness (QED) is 0.391. The fourth-order valence-electron chi connectivity index (χ4n) is 5.46. The number of benzene rings is 1. The summed E-state index contributed by atoms with van der Waals surface area (Å²) in [5.41, 5.74) is 2.19. The summed E-state index contributed by atoms with van der Waals surface area (Å²) in [6, 6.07) is 7.18. The summed E-state index contributed by atoms with van der Waals surface area (Å²) in [6.07, 6.45) is 4.46. The van der Waals surface area contributed by atoms with Crippen molar-refractivity contribution in [3.63, 3.8) is 0 Å². The third-order valence-electron chi connectivity index (χ3n) is 7.43. The molecule has 2 heterocycles. The SMILES string of the molecule is CN[C@@H](C)C(=N)N[C@H]1CCS[C@H]2CC(C)(C)[C@@H](C(=O)N[C@@H]3CCCc4ccccc43)N2C1=O. The second-order valence-corrected chi connectivity index (χ2v) is 11.5. The number of fused-ring (bicyclic) bond motifs is 2. The molecule has 8 heteroatoms. The van der Waals surface area contributed by atoms with Gasteiger partial charge in [-0.05, 0) is 68.4 Å². The Balaban J connectivity index is 1.56. The number of aryl methyl sites for hydroxylation is 1. The lowest BCUT2D eigenvalue weighted by Gasteiger charge is -2.36. The molecule has 0 spiro atoms. The number of nitrogens with one attached hydrogen (secondary N) is 4. The van der Waals surface area contributed by atoms with Gasteiger partial charge in [0.1, 0.15) is 17.9 Å². The van der Waals surface area contributed by atoms with Crippen molar-refractivity contribution in [2.24, 2.45) is 5.41 Å². The molecule has 2 saturated heterocycles. The lowest BCUT2D eigenvalue weighted by Crippen LogP contribution is -2.58. The summed E-state index contributed by atoms with van der Waals surface area (Å²) in [6.45, 7) is 6.09. The largest absolute Gasteiger partial charge is 0.361 e. The summed E-state index contributed by atoms with van der Waals surface area (Å²) >= 11 is 1.76. The number of likely N-dealkylation sites (N-methyl/N-ethyl adjacent to an activating group) is 1. The van der Waals surface area contributed by atoms with Gasteiger partial charge >= 0.3 is 0 Å². The van der Waals surface area contributed by atoms with Crippen LogP contribution in [0, 0.1) is 10.8 Å². The van der Waals surface area contributed by atoms with Gasteiger partial charge in [0.2, 0.25) is 11.8 Å². The molecule has 33 heavy (non-hydrogen) atoms. The van der Waals surface area contributed by atoms with E-state index in [9.17, 15) is 9.59 Å². The Labute approximate surface area is 201 Å². The topological polar surface area (TPSA) is 97.3 Å². The zero-order valence-corrected chi connectivity index (χ0v) is 20.9. The molecule has 5 atom stereocenters. The third kappa shape index (κ3) is 4.78. The molecule has 4 N–H and O–H groups in total. The number of hydrogen-bond acceptors (Lipinski definition) is 5. The van der Waals surface area contributed by atoms with E-state index in [2.05, 4.69) is 48.0 Å². The first-order chi connectivity index (χ1) is 15.7. The fraction of sp³-hybridized carbons (Fsp3) is 0.640. The summed E-state index contributed by atoms with van der Waals surface area (Å²) < 4.78 is 0. The molecule has 1 aromatic rings. The van der Waals surface area contributed by atoms with E-state index in [0.717, 1.165) is 31.4 Å². The average Bonchev–Trinajstić information content (AvgIpc) is 2.99. The van der Waals surface area contributed by atoms with Gasteiger partial charge in [-0.1, -0.05) is 38.1 Å². The average molecular weight is 472 g/mol. The maximum atomic E-state index is 13.7. The minimum atomic E-state index is -0.519. The summed E-state index contributed by atoms with van der Waals surface area (Å²) in [4.78, 5) is 29.3. The highest BCUT2D eigenvalue weighted by molar-refractivity contribution is 7.99. The highest BCUT2D eigenvalue weighted by Crippen LogP contribution is 2.46. The first kappa shape index (κ1) is 24.1. The molecule has 0 unspecified atom stereocenters. The van der Waals surface area contributed by atoms with Gasteiger partial charge in [0.25, 0.3) is 0 Å². The van der Waals surface area contributed by atoms with Crippen LogP contribution < -0.4 is 16.0 Å². The first-order valence-electron chi connectivity index (χ1n) is 12.1. The fourth-order valence-corrected chi connectivity index (χ4v) is 7.04. The minimum absolute atomic E-state index is 0.00869. The van der Waals surface area contributed by atoms with E-state index < -0.39 is 12.1 Å². The van der Waals surface area contributed by atoms with Crippen LogP contribution in [0.4, 0.5) is 0 Å². The van der Waals surface area contributed by atoms with Gasteiger partial charge in [-0.25, -0.2) is 0 Å². The molecule has 2 aliphatic heterocycles. The molecular formula is C25H37N5O2S. The van der Waals surface area contributed by atoms with E-state index >= 15 is 0 Å². The van der Waals surface area contributed by atoms with Crippen molar-refractivity contribution in [1.29, 1.82) is 5.41 Å².